The third-order valence-corrected chi connectivity index (χ3v) is 6.79. The Morgan fingerprint density at radius 3 is 2.03 bits per heavy atom. The van der Waals surface area contributed by atoms with E-state index in [0.29, 0.717) is 12.1 Å². The molecule has 1 heterocycles. The number of carbonyl (C=O) groups excluding carboxylic acids is 1. The summed E-state index contributed by atoms with van der Waals surface area (Å²) < 4.78 is 0. The normalized spacial score (nSPS) is 12.1. The van der Waals surface area contributed by atoms with Crippen molar-refractivity contribution < 1.29 is 4.79 Å². The van der Waals surface area contributed by atoms with Crippen LogP contribution in [0.5, 0.6) is 0 Å². The molecule has 0 N–H and O–H groups in total. The van der Waals surface area contributed by atoms with Crippen molar-refractivity contribution in [2.24, 2.45) is 5.41 Å². The van der Waals surface area contributed by atoms with Gasteiger partial charge < -0.3 is 0 Å². The van der Waals surface area contributed by atoms with Crippen molar-refractivity contribution in [3.05, 3.63) is 29.1 Å². The average molecular weight is 423 g/mol. The Labute approximate surface area is 196 Å². The first kappa shape index (κ1) is 28.2. The molecular formula is C28H49B2O. The fraction of sp³-hybridized carbons (Fsp3) is 0.786. The molecule has 0 unspecified atom stereocenters. The second-order valence-electron chi connectivity index (χ2n) is 10.9. The number of hydrogen-bond donors (Lipinski definition) is 0. The second kappa shape index (κ2) is 15.1. The van der Waals surface area contributed by atoms with Crippen molar-refractivity contribution in [2.45, 2.75) is 137 Å². The van der Waals surface area contributed by atoms with Crippen molar-refractivity contribution in [1.29, 1.82) is 0 Å². The van der Waals surface area contributed by atoms with Gasteiger partial charge in [0.05, 0.1) is 0 Å². The van der Waals surface area contributed by atoms with Crippen molar-refractivity contribution in [1.82, 2.24) is 0 Å². The molecule has 3 heteroatoms. The Morgan fingerprint density at radius 2 is 1.48 bits per heavy atom. The van der Waals surface area contributed by atoms with Gasteiger partial charge in [0, 0.05) is 0 Å². The third-order valence-electron chi connectivity index (χ3n) is 6.79. The molecule has 0 aromatic carbocycles. The summed E-state index contributed by atoms with van der Waals surface area (Å²) >= 11 is 0. The predicted octanol–water partition coefficient (Wildman–Crippen LogP) is 8.29. The minimum absolute atomic E-state index is 0.0506. The summed E-state index contributed by atoms with van der Waals surface area (Å²) in [6.45, 7) is 16.1. The number of carbonyl (C=O) groups is 1. The quantitative estimate of drug-likeness (QED) is 0.171. The molecule has 0 saturated heterocycles. The zero-order valence-electron chi connectivity index (χ0n) is 21.7. The van der Waals surface area contributed by atoms with Gasteiger partial charge in [-0.2, -0.15) is 0 Å². The first-order valence-corrected chi connectivity index (χ1v) is 13.2. The topological polar surface area (TPSA) is 17.1 Å². The summed E-state index contributed by atoms with van der Waals surface area (Å²) in [6, 6.07) is 4.26. The first-order chi connectivity index (χ1) is 14.7. The predicted molar refractivity (Wildman–Crippen MR) is 141 cm³/mol. The Bertz CT molecular complexity index is 611. The van der Waals surface area contributed by atoms with Gasteiger partial charge in [0.25, 0.3) is 0 Å². The van der Waals surface area contributed by atoms with Crippen LogP contribution in [0.2, 0.25) is 5.31 Å². The van der Waals surface area contributed by atoms with Crippen molar-refractivity contribution >= 4 is 19.9 Å². The summed E-state index contributed by atoms with van der Waals surface area (Å²) in [5, 5.41) is 0.0506. The number of rotatable bonds is 18. The van der Waals surface area contributed by atoms with Crippen LogP contribution in [0.15, 0.2) is 18.1 Å². The van der Waals surface area contributed by atoms with Gasteiger partial charge in [-0.25, -0.2) is 0 Å². The molecule has 1 rings (SSSR count). The first-order valence-electron chi connectivity index (χ1n) is 13.2. The van der Waals surface area contributed by atoms with E-state index in [1.807, 2.05) is 0 Å². The van der Waals surface area contributed by atoms with Crippen LogP contribution in [0.25, 0.3) is 0 Å². The monoisotopic (exact) mass is 423 g/mol. The van der Waals surface area contributed by atoms with Gasteiger partial charge in [0.2, 0.25) is 0 Å². The standard InChI is InChI=1S/C28H49B2O/c1-7-10-12-14-19-28(6,20-15-13-11-8-2)30-26(31)22-24-17-16-21-29-25(24)23-27(4,5)18-9-3/h16-17,21H,7-15,18-20,22-23H2,1-6H3. The van der Waals surface area contributed by atoms with Crippen LogP contribution < -0.4 is 0 Å². The molecule has 1 aromatic heterocycles. The Kier molecular flexibility index (Phi) is 13.7. The van der Waals surface area contributed by atoms with Gasteiger partial charge in [-0.05, 0) is 0 Å². The second-order valence-corrected chi connectivity index (χ2v) is 10.9. The average Bonchev–Trinajstić information content (AvgIpc) is 2.70. The molecular weight excluding hydrogens is 374 g/mol. The van der Waals surface area contributed by atoms with Gasteiger partial charge in [0.1, 0.15) is 0 Å². The van der Waals surface area contributed by atoms with E-state index in [2.05, 4.69) is 73.8 Å². The van der Waals surface area contributed by atoms with Gasteiger partial charge in [-0.15, -0.1) is 0 Å². The molecule has 0 spiro atoms. The Hall–Kier alpha value is -0.850. The van der Waals surface area contributed by atoms with Crippen LogP contribution in [0, 0.1) is 5.41 Å². The molecule has 1 nitrogen and oxygen atoms in total. The number of unbranched alkanes of at least 4 members (excludes halogenated alkanes) is 6. The van der Waals surface area contributed by atoms with E-state index in [4.69, 9.17) is 0 Å². The van der Waals surface area contributed by atoms with E-state index in [9.17, 15) is 4.79 Å². The zero-order valence-corrected chi connectivity index (χ0v) is 21.7. The van der Waals surface area contributed by atoms with Crippen LogP contribution in [0.3, 0.4) is 0 Å². The van der Waals surface area contributed by atoms with Crippen molar-refractivity contribution in [2.75, 3.05) is 0 Å². The van der Waals surface area contributed by atoms with Gasteiger partial charge in [-0.1, -0.05) is 0 Å². The molecule has 0 aliphatic carbocycles. The van der Waals surface area contributed by atoms with Crippen LogP contribution in [-0.2, 0) is 17.6 Å². The van der Waals surface area contributed by atoms with Gasteiger partial charge in [-0.3, -0.25) is 0 Å². The van der Waals surface area contributed by atoms with Crippen LogP contribution >= 0.6 is 0 Å². The van der Waals surface area contributed by atoms with E-state index in [1.54, 1.807) is 0 Å². The maximum absolute atomic E-state index is 13.2. The third kappa shape index (κ3) is 12.1. The zero-order chi connectivity index (χ0) is 23.2. The van der Waals surface area contributed by atoms with Crippen LogP contribution in [-0.4, -0.2) is 19.9 Å². The summed E-state index contributed by atoms with van der Waals surface area (Å²) in [4.78, 5) is 13.2. The summed E-state index contributed by atoms with van der Waals surface area (Å²) in [6.07, 6.45) is 16.5. The van der Waals surface area contributed by atoms with E-state index < -0.39 is 0 Å². The van der Waals surface area contributed by atoms with Crippen molar-refractivity contribution in [3.8, 4) is 0 Å². The SMILES string of the molecule is CCCCCCC(C)([B]C(=O)Cc1cccbc1CC(C)(C)CCC)CCCCCC. The van der Waals surface area contributed by atoms with Crippen molar-refractivity contribution in [3.63, 3.8) is 0 Å². The van der Waals surface area contributed by atoms with E-state index >= 15 is 0 Å². The van der Waals surface area contributed by atoms with E-state index in [0.717, 1.165) is 19.3 Å². The molecule has 173 valence electrons. The fourth-order valence-corrected chi connectivity index (χ4v) is 4.99. The van der Waals surface area contributed by atoms with E-state index in [-0.39, 0.29) is 10.7 Å². The fourth-order valence-electron chi connectivity index (χ4n) is 4.99. The summed E-state index contributed by atoms with van der Waals surface area (Å²) in [7, 11) is 2.11. The molecule has 0 amide bonds. The molecule has 1 aromatic rings. The molecule has 31 heavy (non-hydrogen) atoms. The molecule has 1 radical (unpaired) electrons. The molecule has 0 fully saturated rings. The summed E-state index contributed by atoms with van der Waals surface area (Å²) in [5.41, 5.74) is 3.18. The molecule has 0 saturated carbocycles. The van der Waals surface area contributed by atoms with E-state index in [1.165, 1.54) is 75.2 Å². The molecule has 0 aliphatic rings. The molecule has 0 atom stereocenters. The van der Waals surface area contributed by atoms with Crippen LogP contribution in [0.1, 0.15) is 130 Å². The molecule has 0 bridgehead atoms. The maximum atomic E-state index is 13.2. The number of hydrogen-bond acceptors (Lipinski definition) is 1. The van der Waals surface area contributed by atoms with Crippen LogP contribution in [0.4, 0.5) is 0 Å². The summed E-state index contributed by atoms with van der Waals surface area (Å²) in [5.74, 6) is 2.13. The molecule has 0 aliphatic heterocycles. The Morgan fingerprint density at radius 1 is 0.871 bits per heavy atom. The minimum atomic E-state index is 0.0506. The Balaban J connectivity index is 2.79. The van der Waals surface area contributed by atoms with Gasteiger partial charge >= 0.3 is 196 Å². The van der Waals surface area contributed by atoms with Gasteiger partial charge in [0.15, 0.2) is 0 Å².